The molecule has 4 aliphatic carbocycles. The predicted octanol–water partition coefficient (Wildman–Crippen LogP) is 8.89. The van der Waals surface area contributed by atoms with Gasteiger partial charge in [0.25, 0.3) is 0 Å². The number of aromatic nitrogens is 3. The van der Waals surface area contributed by atoms with Gasteiger partial charge in [0.05, 0.1) is 19.2 Å². The summed E-state index contributed by atoms with van der Waals surface area (Å²) in [5.74, 6) is 1.79. The molecule has 13 nitrogen and oxygen atoms in total. The molecule has 4 aliphatic rings. The zero-order chi connectivity index (χ0) is 49.5. The third kappa shape index (κ3) is 14.1. The molecule has 8 N–H and O–H groups in total. The van der Waals surface area contributed by atoms with Crippen LogP contribution in [0.3, 0.4) is 0 Å². The van der Waals surface area contributed by atoms with Gasteiger partial charge in [0.15, 0.2) is 5.12 Å². The Balaban J connectivity index is 1.35. The first-order chi connectivity index (χ1) is 32.6. The molecular formula is C54H94N8O5S. The molecule has 1 aromatic heterocycles. The molecule has 5 rings (SSSR count). The number of fused-ring (bicyclic) bond motifs is 5. The molecule has 0 radical (unpaired) electrons. The molecular weight excluding hydrogens is 873 g/mol. The average molecular weight is 967 g/mol. The predicted molar refractivity (Wildman–Crippen MR) is 275 cm³/mol. The van der Waals surface area contributed by atoms with Gasteiger partial charge in [-0.15, -0.1) is 5.10 Å². The molecule has 0 aromatic carbocycles. The first-order valence-corrected chi connectivity index (χ1v) is 28.3. The van der Waals surface area contributed by atoms with E-state index >= 15 is 0 Å². The molecule has 0 bridgehead atoms. The first-order valence-electron chi connectivity index (χ1n) is 27.1. The fourth-order valence-corrected chi connectivity index (χ4v) is 14.7. The second kappa shape index (κ2) is 26.7. The third-order valence-corrected chi connectivity index (χ3v) is 18.7. The number of aryl methyl sites for hydroxylation is 1. The van der Waals surface area contributed by atoms with Crippen molar-refractivity contribution in [1.29, 1.82) is 0 Å². The maximum atomic E-state index is 14.4. The Morgan fingerprint density at radius 3 is 2.34 bits per heavy atom. The zero-order valence-corrected chi connectivity index (χ0v) is 44.0. The van der Waals surface area contributed by atoms with Crippen LogP contribution < -0.4 is 22.9 Å². The smallest absolute Gasteiger partial charge is 0.307 e. The van der Waals surface area contributed by atoms with E-state index in [2.05, 4.69) is 44.6 Å². The van der Waals surface area contributed by atoms with Crippen LogP contribution in [0.4, 0.5) is 0 Å². The number of ketones is 1. The Hall–Kier alpha value is -2.65. The Labute approximate surface area is 414 Å². The quantitative estimate of drug-likeness (QED) is 0.0323. The summed E-state index contributed by atoms with van der Waals surface area (Å²) in [5.41, 5.74) is 26.7. The maximum absolute atomic E-state index is 14.4. The lowest BCUT2D eigenvalue weighted by Crippen LogP contribution is -2.70. The number of rotatable bonds is 30. The van der Waals surface area contributed by atoms with Crippen LogP contribution in [0.25, 0.3) is 0 Å². The molecule has 1 amide bonds. The van der Waals surface area contributed by atoms with Crippen molar-refractivity contribution in [1.82, 2.24) is 19.9 Å². The fraction of sp³-hybridized carbons (Fsp3) is 0.852. The Kier molecular flexibility index (Phi) is 22.1. The van der Waals surface area contributed by atoms with Crippen LogP contribution in [0, 0.1) is 52.3 Å². The summed E-state index contributed by atoms with van der Waals surface area (Å²) < 4.78 is 8.55. The SMILES string of the molecule is C=C(CCN)C[C@@H]1CCC2(C)[C@H]3C[C@H](OC(=O)CCN)C4(C)[C@@H]([C@H](C)CCC(=O)N(CCCCCCCC)Cc5cn(CCCCCC(=O)SC)nn5)CC[C@H]4C3[C@H](CC(=O)CCN)CC2(N)C1. The minimum Gasteiger partial charge on any atom is -0.462 e. The highest BCUT2D eigenvalue weighted by molar-refractivity contribution is 8.13. The van der Waals surface area contributed by atoms with Crippen molar-refractivity contribution in [2.45, 2.75) is 207 Å². The number of nitrogens with zero attached hydrogens (tertiary/aromatic N) is 4. The Bertz CT molecular complexity index is 1790. The number of carbonyl (C=O) groups is 4. The lowest BCUT2D eigenvalue weighted by Gasteiger charge is -2.68. The largest absolute Gasteiger partial charge is 0.462 e. The number of amides is 1. The Morgan fingerprint density at radius 2 is 1.62 bits per heavy atom. The molecule has 386 valence electrons. The summed E-state index contributed by atoms with van der Waals surface area (Å²) in [4.78, 5) is 55.4. The van der Waals surface area contributed by atoms with E-state index in [-0.39, 0.29) is 88.2 Å². The molecule has 68 heavy (non-hydrogen) atoms. The van der Waals surface area contributed by atoms with E-state index in [0.29, 0.717) is 57.8 Å². The molecule has 4 unspecified atom stereocenters. The number of unbranched alkanes of at least 4 members (excludes halogenated alkanes) is 7. The van der Waals surface area contributed by atoms with Gasteiger partial charge in [0, 0.05) is 56.3 Å². The topological polar surface area (TPSA) is 216 Å². The number of carbonyl (C=O) groups excluding carboxylic acids is 4. The highest BCUT2D eigenvalue weighted by Crippen LogP contribution is 2.71. The molecule has 0 spiro atoms. The summed E-state index contributed by atoms with van der Waals surface area (Å²) in [6, 6.07) is 0. The van der Waals surface area contributed by atoms with Gasteiger partial charge in [0.2, 0.25) is 5.91 Å². The number of hydrogen-bond acceptors (Lipinski definition) is 12. The summed E-state index contributed by atoms with van der Waals surface area (Å²) in [7, 11) is 0. The molecule has 0 aliphatic heterocycles. The van der Waals surface area contributed by atoms with Crippen LogP contribution in [0.5, 0.6) is 0 Å². The standard InChI is InChI=1S/C54H94N8O5S/c1-7-8-9-10-11-14-29-61(36-42-37-62(60-59-42)30-15-12-13-16-50(66)68-6)48(64)20-17-39(3)44-18-19-45-51-41(32-43(63)23-27-56)35-54(58)34-40(31-38(2)22-26-55)21-25-52(54,4)46(51)33-47(53(44,45)5)67-49(65)24-28-57/h37,39-41,44-47,51H,2,7-36,55-58H2,1,3-6H3/t39-,40+,41-,44-,45+,46+,47+,51?,52?,53?,54?/m1/s1. The van der Waals surface area contributed by atoms with Crippen molar-refractivity contribution in [2.75, 3.05) is 32.4 Å². The highest BCUT2D eigenvalue weighted by Gasteiger charge is 2.69. The molecule has 0 saturated heterocycles. The molecule has 14 heteroatoms. The fourth-order valence-electron chi connectivity index (χ4n) is 14.4. The van der Waals surface area contributed by atoms with Gasteiger partial charge in [-0.3, -0.25) is 23.9 Å². The molecule has 1 heterocycles. The van der Waals surface area contributed by atoms with Gasteiger partial charge in [-0.2, -0.15) is 0 Å². The van der Waals surface area contributed by atoms with E-state index in [1.807, 2.05) is 22.0 Å². The monoisotopic (exact) mass is 967 g/mol. The second-order valence-corrected chi connectivity index (χ2v) is 23.3. The van der Waals surface area contributed by atoms with Crippen molar-refractivity contribution >= 4 is 34.5 Å². The number of Topliss-reactive ketones (excluding diaryl/α,β-unsaturated/α-hetero) is 1. The van der Waals surface area contributed by atoms with Crippen LogP contribution in [0.15, 0.2) is 18.3 Å². The molecule has 1 aromatic rings. The van der Waals surface area contributed by atoms with E-state index < -0.39 is 5.54 Å². The van der Waals surface area contributed by atoms with Crippen molar-refractivity contribution < 1.29 is 23.9 Å². The summed E-state index contributed by atoms with van der Waals surface area (Å²) in [6.45, 7) is 16.7. The van der Waals surface area contributed by atoms with E-state index in [1.54, 1.807) is 0 Å². The van der Waals surface area contributed by atoms with E-state index in [1.165, 1.54) is 43.0 Å². The van der Waals surface area contributed by atoms with Crippen molar-refractivity contribution in [2.24, 2.45) is 75.2 Å². The van der Waals surface area contributed by atoms with E-state index in [0.717, 1.165) is 109 Å². The molecule has 4 saturated carbocycles. The van der Waals surface area contributed by atoms with Crippen LogP contribution in [0.2, 0.25) is 0 Å². The third-order valence-electron chi connectivity index (χ3n) is 18.0. The van der Waals surface area contributed by atoms with Crippen LogP contribution in [-0.2, 0) is 37.0 Å². The summed E-state index contributed by atoms with van der Waals surface area (Å²) >= 11 is 1.29. The van der Waals surface area contributed by atoms with E-state index in [4.69, 9.17) is 27.7 Å². The van der Waals surface area contributed by atoms with Crippen molar-refractivity contribution in [3.63, 3.8) is 0 Å². The first kappa shape index (κ1) is 56.3. The number of thioether (sulfide) groups is 1. The average Bonchev–Trinajstić information content (AvgIpc) is 3.90. The minimum atomic E-state index is -0.468. The van der Waals surface area contributed by atoms with Crippen molar-refractivity contribution in [3.8, 4) is 0 Å². The molecule has 11 atom stereocenters. The number of ether oxygens (including phenoxy) is 1. The van der Waals surface area contributed by atoms with Gasteiger partial charge in [-0.05, 0) is 150 Å². The zero-order valence-electron chi connectivity index (χ0n) is 43.2. The number of esters is 1. The maximum Gasteiger partial charge on any atom is 0.307 e. The number of nitrogens with two attached hydrogens (primary N) is 4. The van der Waals surface area contributed by atoms with Gasteiger partial charge in [0.1, 0.15) is 17.6 Å². The van der Waals surface area contributed by atoms with Gasteiger partial charge in [-0.1, -0.05) is 95.3 Å². The summed E-state index contributed by atoms with van der Waals surface area (Å²) in [6.07, 6.45) is 24.2. The second-order valence-electron chi connectivity index (χ2n) is 22.5. The minimum absolute atomic E-state index is 0.118. The van der Waals surface area contributed by atoms with Crippen LogP contribution in [-0.4, -0.2) is 86.7 Å². The van der Waals surface area contributed by atoms with Gasteiger partial charge >= 0.3 is 5.97 Å². The highest BCUT2D eigenvalue weighted by atomic mass is 32.2. The van der Waals surface area contributed by atoms with Gasteiger partial charge in [-0.25, -0.2) is 0 Å². The lowest BCUT2D eigenvalue weighted by atomic mass is 9.38. The molecule has 4 fully saturated rings. The lowest BCUT2D eigenvalue weighted by molar-refractivity contribution is -0.211. The van der Waals surface area contributed by atoms with E-state index in [9.17, 15) is 19.2 Å². The van der Waals surface area contributed by atoms with Crippen molar-refractivity contribution in [3.05, 3.63) is 24.0 Å². The van der Waals surface area contributed by atoms with Crippen LogP contribution in [0.1, 0.15) is 187 Å². The number of hydrogen-bond donors (Lipinski definition) is 4. The normalized spacial score (nSPS) is 30.2. The van der Waals surface area contributed by atoms with Crippen LogP contribution >= 0.6 is 11.8 Å². The summed E-state index contributed by atoms with van der Waals surface area (Å²) in [5, 5.41) is 9.13. The van der Waals surface area contributed by atoms with Gasteiger partial charge < -0.3 is 32.6 Å². The Morgan fingerprint density at radius 1 is 0.897 bits per heavy atom.